The number of aryl methyl sites for hydroxylation is 2. The SMILES string of the molecule is O=C(C[C@@]1(O)C(=O)N(CCc2ccccc2)c2ccc(Cl)cc21)c1ccc2c(c1)CCCC2. The van der Waals surface area contributed by atoms with E-state index in [-0.39, 0.29) is 12.2 Å². The Labute approximate surface area is 198 Å². The molecule has 1 atom stereocenters. The normalized spacial score (nSPS) is 19.3. The van der Waals surface area contributed by atoms with E-state index in [9.17, 15) is 14.7 Å². The molecule has 0 radical (unpaired) electrons. The molecule has 0 saturated carbocycles. The van der Waals surface area contributed by atoms with Crippen LogP contribution in [0.2, 0.25) is 5.02 Å². The summed E-state index contributed by atoms with van der Waals surface area (Å²) < 4.78 is 0. The average molecular weight is 460 g/mol. The molecule has 33 heavy (non-hydrogen) atoms. The summed E-state index contributed by atoms with van der Waals surface area (Å²) in [5.41, 5.74) is 3.22. The van der Waals surface area contributed by atoms with E-state index in [2.05, 4.69) is 0 Å². The van der Waals surface area contributed by atoms with Crippen LogP contribution in [0, 0.1) is 0 Å². The number of aliphatic hydroxyl groups is 1. The number of amides is 1. The number of hydrogen-bond donors (Lipinski definition) is 1. The van der Waals surface area contributed by atoms with Crippen molar-refractivity contribution in [2.75, 3.05) is 11.4 Å². The van der Waals surface area contributed by atoms with E-state index in [1.54, 1.807) is 23.1 Å². The Balaban J connectivity index is 1.43. The van der Waals surface area contributed by atoms with Crippen LogP contribution in [-0.4, -0.2) is 23.3 Å². The predicted molar refractivity (Wildman–Crippen MR) is 130 cm³/mol. The first-order valence-corrected chi connectivity index (χ1v) is 11.9. The molecule has 0 fully saturated rings. The summed E-state index contributed by atoms with van der Waals surface area (Å²) in [6.45, 7) is 0.410. The Morgan fingerprint density at radius 1 is 0.970 bits per heavy atom. The summed E-state index contributed by atoms with van der Waals surface area (Å²) in [7, 11) is 0. The second-order valence-electron chi connectivity index (χ2n) is 9.00. The monoisotopic (exact) mass is 459 g/mol. The first-order valence-electron chi connectivity index (χ1n) is 11.5. The molecule has 1 amide bonds. The lowest BCUT2D eigenvalue weighted by molar-refractivity contribution is -0.135. The highest BCUT2D eigenvalue weighted by molar-refractivity contribution is 6.31. The van der Waals surface area contributed by atoms with Gasteiger partial charge in [0, 0.05) is 22.7 Å². The number of fused-ring (bicyclic) bond motifs is 2. The third-order valence-electron chi connectivity index (χ3n) is 6.85. The fourth-order valence-electron chi connectivity index (χ4n) is 5.04. The Morgan fingerprint density at radius 3 is 2.52 bits per heavy atom. The van der Waals surface area contributed by atoms with Crippen molar-refractivity contribution in [3.05, 3.63) is 99.6 Å². The zero-order valence-corrected chi connectivity index (χ0v) is 19.1. The lowest BCUT2D eigenvalue weighted by Gasteiger charge is -2.23. The van der Waals surface area contributed by atoms with Gasteiger partial charge in [-0.25, -0.2) is 0 Å². The summed E-state index contributed by atoms with van der Waals surface area (Å²) >= 11 is 6.23. The van der Waals surface area contributed by atoms with Crippen molar-refractivity contribution in [2.45, 2.75) is 44.1 Å². The fraction of sp³-hybridized carbons (Fsp3) is 0.286. The van der Waals surface area contributed by atoms with E-state index in [0.717, 1.165) is 24.8 Å². The van der Waals surface area contributed by atoms with Gasteiger partial charge in [0.05, 0.1) is 12.1 Å². The molecule has 168 valence electrons. The minimum absolute atomic E-state index is 0.241. The highest BCUT2D eigenvalue weighted by Crippen LogP contribution is 2.44. The number of halogens is 1. The number of ketones is 1. The number of carbonyl (C=O) groups excluding carboxylic acids is 2. The Hall–Kier alpha value is -2.95. The maximum absolute atomic E-state index is 13.5. The standard InChI is InChI=1S/C28H26ClNO3/c29-23-12-13-25-24(17-23)28(33,27(32)30(25)15-14-19-6-2-1-3-7-19)18-26(31)22-11-10-20-8-4-5-9-21(20)16-22/h1-3,6-7,10-13,16-17,33H,4-5,8-9,14-15,18H2/t28-/m0/s1. The van der Waals surface area contributed by atoms with Crippen LogP contribution < -0.4 is 4.90 Å². The van der Waals surface area contributed by atoms with Crippen LogP contribution in [0.3, 0.4) is 0 Å². The molecule has 1 aliphatic carbocycles. The molecule has 3 aromatic rings. The molecular formula is C28H26ClNO3. The van der Waals surface area contributed by atoms with Gasteiger partial charge in [0.25, 0.3) is 5.91 Å². The second kappa shape index (κ2) is 8.77. The molecule has 1 heterocycles. The molecule has 3 aromatic carbocycles. The highest BCUT2D eigenvalue weighted by atomic mass is 35.5. The molecule has 0 saturated heterocycles. The van der Waals surface area contributed by atoms with Crippen LogP contribution >= 0.6 is 11.6 Å². The first-order chi connectivity index (χ1) is 16.0. The van der Waals surface area contributed by atoms with E-state index in [4.69, 9.17) is 11.6 Å². The van der Waals surface area contributed by atoms with Gasteiger partial charge in [-0.05, 0) is 73.1 Å². The van der Waals surface area contributed by atoms with E-state index in [0.29, 0.717) is 34.8 Å². The smallest absolute Gasteiger partial charge is 0.264 e. The number of hydrogen-bond acceptors (Lipinski definition) is 3. The summed E-state index contributed by atoms with van der Waals surface area (Å²) in [5, 5.41) is 12.0. The quantitative estimate of drug-likeness (QED) is 0.511. The molecule has 2 aliphatic rings. The van der Waals surface area contributed by atoms with Crippen LogP contribution in [0.1, 0.15) is 51.9 Å². The van der Waals surface area contributed by atoms with Crippen LogP contribution in [-0.2, 0) is 29.7 Å². The Morgan fingerprint density at radius 2 is 1.73 bits per heavy atom. The van der Waals surface area contributed by atoms with E-state index < -0.39 is 11.5 Å². The van der Waals surface area contributed by atoms with Crippen molar-refractivity contribution in [1.82, 2.24) is 0 Å². The minimum atomic E-state index is -1.93. The average Bonchev–Trinajstić information content (AvgIpc) is 3.04. The Bertz CT molecular complexity index is 1220. The highest BCUT2D eigenvalue weighted by Gasteiger charge is 2.50. The third kappa shape index (κ3) is 4.09. The number of rotatable bonds is 6. The van der Waals surface area contributed by atoms with Gasteiger partial charge in [0.1, 0.15) is 0 Å². The van der Waals surface area contributed by atoms with E-state index in [1.807, 2.05) is 48.5 Å². The number of Topliss-reactive ketones (excluding diaryl/α,β-unsaturated/α-hetero) is 1. The molecule has 1 aliphatic heterocycles. The molecule has 1 N–H and O–H groups in total. The molecule has 5 heteroatoms. The lowest BCUT2D eigenvalue weighted by Crippen LogP contribution is -2.42. The van der Waals surface area contributed by atoms with Crippen molar-refractivity contribution in [2.24, 2.45) is 0 Å². The van der Waals surface area contributed by atoms with Gasteiger partial charge in [0.15, 0.2) is 11.4 Å². The number of nitrogens with zero attached hydrogens (tertiary/aromatic N) is 1. The van der Waals surface area contributed by atoms with Gasteiger partial charge in [-0.15, -0.1) is 0 Å². The molecule has 0 unspecified atom stereocenters. The molecule has 5 rings (SSSR count). The molecule has 0 spiro atoms. The lowest BCUT2D eigenvalue weighted by atomic mass is 9.85. The van der Waals surface area contributed by atoms with Crippen molar-refractivity contribution < 1.29 is 14.7 Å². The molecule has 4 nitrogen and oxygen atoms in total. The van der Waals surface area contributed by atoms with Crippen molar-refractivity contribution in [3.63, 3.8) is 0 Å². The van der Waals surface area contributed by atoms with Gasteiger partial charge < -0.3 is 10.0 Å². The van der Waals surface area contributed by atoms with Gasteiger partial charge >= 0.3 is 0 Å². The fourth-order valence-corrected chi connectivity index (χ4v) is 5.21. The predicted octanol–water partition coefficient (Wildman–Crippen LogP) is 5.27. The van der Waals surface area contributed by atoms with Crippen LogP contribution in [0.25, 0.3) is 0 Å². The van der Waals surface area contributed by atoms with Gasteiger partial charge in [-0.1, -0.05) is 54.1 Å². The largest absolute Gasteiger partial charge is 0.375 e. The van der Waals surface area contributed by atoms with Crippen LogP contribution in [0.15, 0.2) is 66.7 Å². The summed E-state index contributed by atoms with van der Waals surface area (Å²) in [6.07, 6.45) is 4.63. The summed E-state index contributed by atoms with van der Waals surface area (Å²) in [6, 6.07) is 20.7. The number of carbonyl (C=O) groups is 2. The second-order valence-corrected chi connectivity index (χ2v) is 9.44. The third-order valence-corrected chi connectivity index (χ3v) is 7.08. The zero-order valence-electron chi connectivity index (χ0n) is 18.4. The van der Waals surface area contributed by atoms with Gasteiger partial charge in [-0.2, -0.15) is 0 Å². The summed E-state index contributed by atoms with van der Waals surface area (Å²) in [5.74, 6) is -0.711. The molecule has 0 bridgehead atoms. The van der Waals surface area contributed by atoms with Crippen molar-refractivity contribution >= 4 is 29.0 Å². The first kappa shape index (κ1) is 21.9. The van der Waals surface area contributed by atoms with Gasteiger partial charge in [0.2, 0.25) is 0 Å². The van der Waals surface area contributed by atoms with Gasteiger partial charge in [-0.3, -0.25) is 9.59 Å². The zero-order chi connectivity index (χ0) is 23.0. The summed E-state index contributed by atoms with van der Waals surface area (Å²) in [4.78, 5) is 28.3. The van der Waals surface area contributed by atoms with E-state index in [1.165, 1.54) is 17.5 Å². The molecule has 0 aromatic heterocycles. The van der Waals surface area contributed by atoms with Crippen molar-refractivity contribution in [1.29, 1.82) is 0 Å². The Kier molecular flexibility index (Phi) is 5.81. The maximum Gasteiger partial charge on any atom is 0.264 e. The van der Waals surface area contributed by atoms with Crippen molar-refractivity contribution in [3.8, 4) is 0 Å². The number of anilines is 1. The maximum atomic E-state index is 13.5. The van der Waals surface area contributed by atoms with Crippen LogP contribution in [0.4, 0.5) is 5.69 Å². The topological polar surface area (TPSA) is 57.6 Å². The van der Waals surface area contributed by atoms with Crippen LogP contribution in [0.5, 0.6) is 0 Å². The molecular weight excluding hydrogens is 434 g/mol. The number of benzene rings is 3. The minimum Gasteiger partial charge on any atom is -0.375 e. The van der Waals surface area contributed by atoms with E-state index >= 15 is 0 Å².